The number of hydrogen-bond donors (Lipinski definition) is 5. The number of aliphatic hydroxyl groups excluding tert-OH is 5. The Morgan fingerprint density at radius 2 is 1.60 bits per heavy atom. The van der Waals surface area contributed by atoms with Gasteiger partial charge < -0.3 is 44.5 Å². The third kappa shape index (κ3) is 4.82. The molecule has 0 radical (unpaired) electrons. The van der Waals surface area contributed by atoms with E-state index in [0.717, 1.165) is 51.4 Å². The van der Waals surface area contributed by atoms with Gasteiger partial charge in [0.25, 0.3) is 0 Å². The summed E-state index contributed by atoms with van der Waals surface area (Å²) in [5, 5.41) is 55.3. The van der Waals surface area contributed by atoms with Crippen molar-refractivity contribution in [3.05, 3.63) is 0 Å². The molecular formula is C38H62O10. The van der Waals surface area contributed by atoms with E-state index in [4.69, 9.17) is 18.9 Å². The first kappa shape index (κ1) is 35.5. The van der Waals surface area contributed by atoms with Gasteiger partial charge in [0.15, 0.2) is 6.29 Å². The lowest BCUT2D eigenvalue weighted by Crippen LogP contribution is -2.68. The van der Waals surface area contributed by atoms with Gasteiger partial charge in [-0.05, 0) is 117 Å². The number of fused-ring (bicyclic) bond motifs is 3. The lowest BCUT2D eigenvalue weighted by molar-refractivity contribution is -0.344. The summed E-state index contributed by atoms with van der Waals surface area (Å²) in [6, 6.07) is 0. The van der Waals surface area contributed by atoms with Gasteiger partial charge in [-0.25, -0.2) is 0 Å². The molecule has 17 atom stereocenters. The van der Waals surface area contributed by atoms with E-state index in [1.807, 2.05) is 13.8 Å². The molecule has 0 aromatic rings. The van der Waals surface area contributed by atoms with Gasteiger partial charge in [0.05, 0.1) is 23.9 Å². The van der Waals surface area contributed by atoms with Crippen molar-refractivity contribution >= 4 is 5.97 Å². The first-order valence-electron chi connectivity index (χ1n) is 18.8. The minimum absolute atomic E-state index is 0.00472. The summed E-state index contributed by atoms with van der Waals surface area (Å²) >= 11 is 0. The molecule has 5 saturated carbocycles. The van der Waals surface area contributed by atoms with Gasteiger partial charge in [-0.15, -0.1) is 0 Å². The van der Waals surface area contributed by atoms with E-state index in [2.05, 4.69) is 34.6 Å². The molecule has 2 aliphatic heterocycles. The number of aliphatic hydroxyl groups is 5. The fraction of sp³-hybridized carbons (Fsp3) is 0.974. The van der Waals surface area contributed by atoms with Gasteiger partial charge in [0.1, 0.15) is 37.1 Å². The zero-order chi connectivity index (χ0) is 35.0. The molecule has 0 aromatic carbocycles. The van der Waals surface area contributed by atoms with Crippen molar-refractivity contribution in [2.45, 2.75) is 174 Å². The van der Waals surface area contributed by atoms with Crippen LogP contribution in [0.2, 0.25) is 0 Å². The Labute approximate surface area is 286 Å². The van der Waals surface area contributed by atoms with Crippen LogP contribution in [-0.2, 0) is 23.7 Å². The van der Waals surface area contributed by atoms with E-state index in [-0.39, 0.29) is 57.4 Å². The Bertz CT molecular complexity index is 1270. The van der Waals surface area contributed by atoms with Crippen LogP contribution >= 0.6 is 0 Å². The molecule has 10 nitrogen and oxygen atoms in total. The lowest BCUT2D eigenvalue weighted by Gasteiger charge is -2.69. The molecule has 7 aliphatic rings. The molecule has 0 spiro atoms. The van der Waals surface area contributed by atoms with Crippen molar-refractivity contribution in [3.63, 3.8) is 0 Å². The molecule has 10 heteroatoms. The van der Waals surface area contributed by atoms with Gasteiger partial charge in [0, 0.05) is 12.3 Å². The maximum atomic E-state index is 11.6. The summed E-state index contributed by atoms with van der Waals surface area (Å²) in [5.41, 5.74) is -0.670. The Kier molecular flexibility index (Phi) is 8.39. The molecule has 0 aromatic heterocycles. The van der Waals surface area contributed by atoms with Crippen molar-refractivity contribution in [3.8, 4) is 0 Å². The summed E-state index contributed by atoms with van der Waals surface area (Å²) in [7, 11) is 0. The molecular weight excluding hydrogens is 616 g/mol. The van der Waals surface area contributed by atoms with Crippen LogP contribution in [0.15, 0.2) is 0 Å². The van der Waals surface area contributed by atoms with Crippen LogP contribution in [0.4, 0.5) is 0 Å². The Morgan fingerprint density at radius 1 is 0.917 bits per heavy atom. The van der Waals surface area contributed by atoms with Gasteiger partial charge in [-0.2, -0.15) is 0 Å². The second kappa shape index (κ2) is 11.3. The number of epoxide rings is 1. The average Bonchev–Trinajstić information content (AvgIpc) is 3.84. The summed E-state index contributed by atoms with van der Waals surface area (Å²) < 4.78 is 24.1. The van der Waals surface area contributed by atoms with Gasteiger partial charge in [0.2, 0.25) is 0 Å². The fourth-order valence-electron chi connectivity index (χ4n) is 13.7. The molecule has 5 aliphatic carbocycles. The van der Waals surface area contributed by atoms with E-state index in [1.165, 1.54) is 6.92 Å². The first-order chi connectivity index (χ1) is 22.3. The minimum Gasteiger partial charge on any atom is -0.463 e. The van der Waals surface area contributed by atoms with E-state index >= 15 is 0 Å². The predicted octanol–water partition coefficient (Wildman–Crippen LogP) is 3.72. The number of carbonyl (C=O) groups excluding carboxylic acids is 1. The molecule has 5 N–H and O–H groups in total. The topological polar surface area (TPSA) is 158 Å². The number of rotatable bonds is 8. The maximum absolute atomic E-state index is 11.6. The summed E-state index contributed by atoms with van der Waals surface area (Å²) in [6.45, 7) is 16.7. The highest BCUT2D eigenvalue weighted by Crippen LogP contribution is 2.91. The van der Waals surface area contributed by atoms with Crippen molar-refractivity contribution in [2.24, 2.45) is 50.7 Å². The predicted molar refractivity (Wildman–Crippen MR) is 175 cm³/mol. The third-order valence-corrected chi connectivity index (χ3v) is 16.2. The van der Waals surface area contributed by atoms with Crippen LogP contribution in [0.25, 0.3) is 0 Å². The Balaban J connectivity index is 1.22. The molecule has 0 bridgehead atoms. The number of esters is 1. The number of carbonyl (C=O) groups is 1. The van der Waals surface area contributed by atoms with Crippen molar-refractivity contribution < 1.29 is 49.3 Å². The summed E-state index contributed by atoms with van der Waals surface area (Å²) in [5.74, 6) is 0.803. The fourth-order valence-corrected chi connectivity index (χ4v) is 13.7. The van der Waals surface area contributed by atoms with Crippen molar-refractivity contribution in [1.29, 1.82) is 0 Å². The van der Waals surface area contributed by atoms with Crippen LogP contribution in [-0.4, -0.2) is 98.8 Å². The number of hydrogen-bond acceptors (Lipinski definition) is 10. The normalized spacial score (nSPS) is 54.1. The zero-order valence-electron chi connectivity index (χ0n) is 30.4. The highest BCUT2D eigenvalue weighted by molar-refractivity contribution is 5.65. The molecule has 7 fully saturated rings. The first-order valence-corrected chi connectivity index (χ1v) is 18.8. The van der Waals surface area contributed by atoms with E-state index in [1.54, 1.807) is 0 Å². The van der Waals surface area contributed by atoms with Gasteiger partial charge in [-0.1, -0.05) is 34.6 Å². The van der Waals surface area contributed by atoms with Crippen LogP contribution in [0.5, 0.6) is 0 Å². The molecule has 7 rings (SSSR count). The molecule has 48 heavy (non-hydrogen) atoms. The molecule has 274 valence electrons. The second-order valence-electron chi connectivity index (χ2n) is 19.0. The third-order valence-electron chi connectivity index (χ3n) is 16.2. The average molecular weight is 679 g/mol. The Hall–Kier alpha value is -0.850. The van der Waals surface area contributed by atoms with E-state index in [9.17, 15) is 30.3 Å². The van der Waals surface area contributed by atoms with Gasteiger partial charge >= 0.3 is 5.97 Å². The Morgan fingerprint density at radius 3 is 2.25 bits per heavy atom. The van der Waals surface area contributed by atoms with E-state index in [0.29, 0.717) is 24.2 Å². The van der Waals surface area contributed by atoms with Crippen LogP contribution in [0.1, 0.15) is 113 Å². The lowest BCUT2D eigenvalue weighted by atomic mass is 9.37. The highest BCUT2D eigenvalue weighted by Gasteiger charge is 2.85. The van der Waals surface area contributed by atoms with Gasteiger partial charge in [-0.3, -0.25) is 4.79 Å². The smallest absolute Gasteiger partial charge is 0.302 e. The zero-order valence-corrected chi connectivity index (χ0v) is 30.4. The number of ether oxygens (including phenoxy) is 4. The van der Waals surface area contributed by atoms with Crippen LogP contribution < -0.4 is 0 Å². The second-order valence-corrected chi connectivity index (χ2v) is 19.0. The molecule has 2 saturated heterocycles. The molecule has 9 unspecified atom stereocenters. The largest absolute Gasteiger partial charge is 0.463 e. The standard InChI is InChI=1S/C38H62O10/c1-19(15-22(40)31-34(5,6)48-31)21-9-14-38-18-37(21,38)13-10-24-35(7)12-11-26(41)33(3,4)25(35)16-27(36(24,38)8)47-32-30(44)29(43)28(42)23(46-32)17-45-20(2)39/h19,21-32,40-44H,9-18H2,1-8H3/t19?,21-,22-,23?,24?,25?,26+,27+,28?,29?,30?,31?,32?,35+,36-,37+,38+/m0/s1. The highest BCUT2D eigenvalue weighted by atomic mass is 16.7. The van der Waals surface area contributed by atoms with Crippen LogP contribution in [0.3, 0.4) is 0 Å². The minimum atomic E-state index is -1.53. The van der Waals surface area contributed by atoms with Crippen molar-refractivity contribution in [1.82, 2.24) is 0 Å². The summed E-state index contributed by atoms with van der Waals surface area (Å²) in [6.07, 6.45) is 0.669. The van der Waals surface area contributed by atoms with Crippen LogP contribution in [0, 0.1) is 50.7 Å². The molecule has 2 heterocycles. The molecule has 0 amide bonds. The summed E-state index contributed by atoms with van der Waals surface area (Å²) in [4.78, 5) is 11.6. The SMILES string of the molecule is CC(=O)OCC1OC(O[C@@H]2CC3C(C)(C)[C@H](O)CC[C@]3(C)C3CC[C@]45C[C@]4(CC[C@H]5C(C)C[C@H](O)C4OC4(C)C)[C@@]32C)C(O)C(O)C1O. The maximum Gasteiger partial charge on any atom is 0.302 e. The van der Waals surface area contributed by atoms with E-state index < -0.39 is 48.9 Å². The monoisotopic (exact) mass is 678 g/mol. The van der Waals surface area contributed by atoms with Crippen molar-refractivity contribution in [2.75, 3.05) is 6.61 Å². The quantitative estimate of drug-likeness (QED) is 0.146.